The van der Waals surface area contributed by atoms with Gasteiger partial charge in [-0.05, 0) is 30.5 Å². The van der Waals surface area contributed by atoms with Gasteiger partial charge in [0.15, 0.2) is 17.3 Å². The summed E-state index contributed by atoms with van der Waals surface area (Å²) in [5.74, 6) is 1.53. The molecule has 6 nitrogen and oxygen atoms in total. The third-order valence-electron chi connectivity index (χ3n) is 6.29. The molecule has 5 aromatic rings. The highest BCUT2D eigenvalue weighted by Crippen LogP contribution is 2.36. The number of imidazole rings is 1. The van der Waals surface area contributed by atoms with Gasteiger partial charge in [-0.1, -0.05) is 43.5 Å². The van der Waals surface area contributed by atoms with E-state index in [1.807, 2.05) is 18.6 Å². The van der Waals surface area contributed by atoms with Gasteiger partial charge >= 0.3 is 0 Å². The highest BCUT2D eigenvalue weighted by molar-refractivity contribution is 7.17. The van der Waals surface area contributed by atoms with E-state index in [4.69, 9.17) is 15.0 Å². The molecular weight excluding hydrogens is 416 g/mol. The van der Waals surface area contributed by atoms with E-state index in [2.05, 4.69) is 50.6 Å². The van der Waals surface area contributed by atoms with Gasteiger partial charge in [0.2, 0.25) is 0 Å². The van der Waals surface area contributed by atoms with Crippen LogP contribution in [0.2, 0.25) is 0 Å². The number of benzene rings is 1. The molecule has 1 aliphatic rings. The first-order valence-electron chi connectivity index (χ1n) is 11.2. The van der Waals surface area contributed by atoms with E-state index in [-0.39, 0.29) is 0 Å². The van der Waals surface area contributed by atoms with Crippen molar-refractivity contribution in [2.24, 2.45) is 0 Å². The second-order valence-corrected chi connectivity index (χ2v) is 9.28. The van der Waals surface area contributed by atoms with E-state index in [0.717, 1.165) is 33.9 Å². The normalized spacial score (nSPS) is 14.9. The van der Waals surface area contributed by atoms with E-state index < -0.39 is 0 Å². The number of hydrogen-bond donors (Lipinski definition) is 1. The van der Waals surface area contributed by atoms with Crippen LogP contribution in [0.5, 0.6) is 0 Å². The maximum absolute atomic E-state index is 5.06. The Hall–Kier alpha value is -3.32. The zero-order valence-corrected chi connectivity index (χ0v) is 18.6. The zero-order valence-electron chi connectivity index (χ0n) is 17.7. The molecular formula is C25H24N6S. The summed E-state index contributed by atoms with van der Waals surface area (Å²) < 4.78 is 3.53. The quantitative estimate of drug-likeness (QED) is 0.351. The summed E-state index contributed by atoms with van der Waals surface area (Å²) >= 11 is 1.73. The van der Waals surface area contributed by atoms with Crippen molar-refractivity contribution in [3.63, 3.8) is 0 Å². The van der Waals surface area contributed by atoms with Crippen molar-refractivity contribution in [1.82, 2.24) is 24.5 Å². The van der Waals surface area contributed by atoms with Gasteiger partial charge in [-0.3, -0.25) is 4.98 Å². The van der Waals surface area contributed by atoms with E-state index in [1.165, 1.54) is 42.2 Å². The fourth-order valence-electron chi connectivity index (χ4n) is 4.63. The average molecular weight is 441 g/mol. The van der Waals surface area contributed by atoms with Crippen LogP contribution in [-0.4, -0.2) is 24.5 Å². The molecule has 6 rings (SSSR count). The van der Waals surface area contributed by atoms with Gasteiger partial charge in [0.25, 0.3) is 0 Å². The number of nitrogens with one attached hydrogen (secondary N) is 1. The lowest BCUT2D eigenvalue weighted by atomic mass is 9.95. The van der Waals surface area contributed by atoms with Crippen molar-refractivity contribution in [2.45, 2.75) is 44.7 Å². The van der Waals surface area contributed by atoms with E-state index in [1.54, 1.807) is 17.5 Å². The van der Waals surface area contributed by atoms with Gasteiger partial charge in [0.1, 0.15) is 5.52 Å². The molecule has 1 aliphatic carbocycles. The molecule has 0 atom stereocenters. The van der Waals surface area contributed by atoms with E-state index >= 15 is 0 Å². The first-order chi connectivity index (χ1) is 15.9. The molecule has 0 spiro atoms. The van der Waals surface area contributed by atoms with Crippen LogP contribution >= 0.6 is 11.3 Å². The zero-order chi connectivity index (χ0) is 21.3. The molecule has 1 aromatic carbocycles. The number of thiophene rings is 1. The Morgan fingerprint density at radius 3 is 2.81 bits per heavy atom. The van der Waals surface area contributed by atoms with Crippen LogP contribution in [0, 0.1) is 0 Å². The molecule has 1 saturated carbocycles. The fourth-order valence-corrected chi connectivity index (χ4v) is 5.57. The van der Waals surface area contributed by atoms with Crippen LogP contribution in [0.1, 0.15) is 43.7 Å². The van der Waals surface area contributed by atoms with Crippen molar-refractivity contribution in [1.29, 1.82) is 0 Å². The minimum Gasteiger partial charge on any atom is -0.364 e. The molecule has 1 N–H and O–H groups in total. The fraction of sp³-hybridized carbons (Fsp3) is 0.280. The van der Waals surface area contributed by atoms with Crippen molar-refractivity contribution >= 4 is 38.4 Å². The Bertz CT molecular complexity index is 1370. The Kier molecular flexibility index (Phi) is 5.03. The number of anilines is 1. The predicted octanol–water partition coefficient (Wildman–Crippen LogP) is 6.22. The average Bonchev–Trinajstić information content (AvgIpc) is 3.48. The van der Waals surface area contributed by atoms with Gasteiger partial charge in [0, 0.05) is 46.0 Å². The number of nitrogens with zero attached hydrogens (tertiary/aromatic N) is 5. The highest BCUT2D eigenvalue weighted by Gasteiger charge is 2.22. The topological polar surface area (TPSA) is 68.5 Å². The largest absolute Gasteiger partial charge is 0.364 e. The summed E-state index contributed by atoms with van der Waals surface area (Å²) in [4.78, 5) is 19.0. The summed E-state index contributed by atoms with van der Waals surface area (Å²) in [5.41, 5.74) is 3.94. The molecule has 0 saturated heterocycles. The number of rotatable bonds is 5. The molecule has 0 amide bonds. The summed E-state index contributed by atoms with van der Waals surface area (Å²) in [6.45, 7) is 0.639. The molecule has 0 radical (unpaired) electrons. The SMILES string of the molecule is c1cncc(CNc2nc(-c3csc4ccccc34)nc3c2ncn3C2CCCCC2)c1. The number of aromatic nitrogens is 5. The lowest BCUT2D eigenvalue weighted by molar-refractivity contribution is 0.358. The lowest BCUT2D eigenvalue weighted by Gasteiger charge is -2.23. The van der Waals surface area contributed by atoms with Gasteiger partial charge < -0.3 is 9.88 Å². The third-order valence-corrected chi connectivity index (χ3v) is 7.26. The Morgan fingerprint density at radius 2 is 1.94 bits per heavy atom. The van der Waals surface area contributed by atoms with Crippen molar-refractivity contribution in [3.05, 3.63) is 66.1 Å². The van der Waals surface area contributed by atoms with Crippen LogP contribution in [0.25, 0.3) is 32.6 Å². The van der Waals surface area contributed by atoms with E-state index in [0.29, 0.717) is 12.6 Å². The van der Waals surface area contributed by atoms with Gasteiger partial charge in [-0.25, -0.2) is 15.0 Å². The molecule has 1 fully saturated rings. The molecule has 0 aliphatic heterocycles. The molecule has 0 unspecified atom stereocenters. The lowest BCUT2D eigenvalue weighted by Crippen LogP contribution is -2.13. The van der Waals surface area contributed by atoms with Crippen LogP contribution < -0.4 is 5.32 Å². The molecule has 0 bridgehead atoms. The molecule has 4 aromatic heterocycles. The highest BCUT2D eigenvalue weighted by atomic mass is 32.1. The molecule has 160 valence electrons. The summed E-state index contributed by atoms with van der Waals surface area (Å²) in [7, 11) is 0. The maximum Gasteiger partial charge on any atom is 0.166 e. The van der Waals surface area contributed by atoms with Crippen molar-refractivity contribution in [3.8, 4) is 11.4 Å². The number of hydrogen-bond acceptors (Lipinski definition) is 6. The second kappa shape index (κ2) is 8.31. The summed E-state index contributed by atoms with van der Waals surface area (Å²) in [6.07, 6.45) is 11.8. The minimum atomic E-state index is 0.460. The number of fused-ring (bicyclic) bond motifs is 2. The first-order valence-corrected chi connectivity index (χ1v) is 12.1. The minimum absolute atomic E-state index is 0.460. The Morgan fingerprint density at radius 1 is 1.03 bits per heavy atom. The van der Waals surface area contributed by atoms with Crippen LogP contribution in [0.4, 0.5) is 5.82 Å². The first kappa shape index (κ1) is 19.4. The molecule has 4 heterocycles. The van der Waals surface area contributed by atoms with Crippen molar-refractivity contribution in [2.75, 3.05) is 5.32 Å². The third kappa shape index (κ3) is 3.52. The van der Waals surface area contributed by atoms with Crippen molar-refractivity contribution < 1.29 is 0 Å². The second-order valence-electron chi connectivity index (χ2n) is 8.37. The Labute approximate surface area is 190 Å². The standard InChI is InChI=1S/C25H24N6S/c1-2-8-18(9-3-1)31-16-28-22-24(27-14-17-7-6-12-26-13-17)29-23(30-25(22)31)20-15-32-21-11-5-4-10-19(20)21/h4-7,10-13,15-16,18H,1-3,8-9,14H2,(H,27,29,30). The van der Waals surface area contributed by atoms with Crippen LogP contribution in [0.15, 0.2) is 60.5 Å². The number of pyridine rings is 1. The monoisotopic (exact) mass is 440 g/mol. The van der Waals surface area contributed by atoms with Crippen LogP contribution in [-0.2, 0) is 6.54 Å². The Balaban J connectivity index is 1.48. The smallest absolute Gasteiger partial charge is 0.166 e. The summed E-state index contributed by atoms with van der Waals surface area (Å²) in [5, 5.41) is 6.87. The predicted molar refractivity (Wildman–Crippen MR) is 130 cm³/mol. The summed E-state index contributed by atoms with van der Waals surface area (Å²) in [6, 6.07) is 12.9. The van der Waals surface area contributed by atoms with Gasteiger partial charge in [-0.2, -0.15) is 0 Å². The molecule has 32 heavy (non-hydrogen) atoms. The van der Waals surface area contributed by atoms with Gasteiger partial charge in [-0.15, -0.1) is 11.3 Å². The van der Waals surface area contributed by atoms with Gasteiger partial charge in [0.05, 0.1) is 6.33 Å². The molecule has 7 heteroatoms. The van der Waals surface area contributed by atoms with Crippen LogP contribution in [0.3, 0.4) is 0 Å². The maximum atomic E-state index is 5.06. The van der Waals surface area contributed by atoms with E-state index in [9.17, 15) is 0 Å².